The van der Waals surface area contributed by atoms with Gasteiger partial charge in [0, 0.05) is 17.1 Å². The Hall–Kier alpha value is -4.12. The van der Waals surface area contributed by atoms with Gasteiger partial charge >= 0.3 is 11.9 Å². The van der Waals surface area contributed by atoms with E-state index < -0.39 is 5.97 Å². The van der Waals surface area contributed by atoms with E-state index in [1.165, 1.54) is 0 Å². The summed E-state index contributed by atoms with van der Waals surface area (Å²) in [6.07, 6.45) is 0. The highest BCUT2D eigenvalue weighted by molar-refractivity contribution is 5.88. The third-order valence-corrected chi connectivity index (χ3v) is 5.37. The van der Waals surface area contributed by atoms with Crippen LogP contribution in [0.5, 0.6) is 11.5 Å². The molecule has 1 atom stereocenters. The molecule has 0 radical (unpaired) electrons. The zero-order valence-corrected chi connectivity index (χ0v) is 20.4. The fourth-order valence-electron chi connectivity index (χ4n) is 3.18. The Morgan fingerprint density at radius 2 is 1.26 bits per heavy atom. The van der Waals surface area contributed by atoms with Crippen molar-refractivity contribution in [2.24, 2.45) is 0 Å². The number of ether oxygens (including phenoxy) is 3. The average molecular weight is 471 g/mol. The number of carbonyl (C=O) groups excluding carboxylic acids is 2. The summed E-state index contributed by atoms with van der Waals surface area (Å²) < 4.78 is 16.4. The minimum absolute atomic E-state index is 0.0760. The monoisotopic (exact) mass is 470 g/mol. The van der Waals surface area contributed by atoms with Crippen LogP contribution in [0.1, 0.15) is 37.8 Å². The topological polar surface area (TPSA) is 61.8 Å². The molecule has 0 spiro atoms. The molecule has 0 aromatic heterocycles. The maximum absolute atomic E-state index is 11.6. The molecule has 1 unspecified atom stereocenters. The Kier molecular flexibility index (Phi) is 8.63. The highest BCUT2D eigenvalue weighted by Gasteiger charge is 2.10. The third-order valence-electron chi connectivity index (χ3n) is 5.37. The number of rotatable bonds is 10. The first kappa shape index (κ1) is 25.5. The van der Waals surface area contributed by atoms with E-state index in [0.717, 1.165) is 28.0 Å². The van der Waals surface area contributed by atoms with E-state index >= 15 is 0 Å². The molecule has 0 saturated carbocycles. The van der Waals surface area contributed by atoms with E-state index in [2.05, 4.69) is 13.2 Å². The van der Waals surface area contributed by atoms with Crippen LogP contribution < -0.4 is 9.47 Å². The summed E-state index contributed by atoms with van der Waals surface area (Å²) in [4.78, 5) is 23.2. The van der Waals surface area contributed by atoms with E-state index in [1.54, 1.807) is 26.0 Å². The molecule has 0 saturated heterocycles. The fourth-order valence-corrected chi connectivity index (χ4v) is 3.18. The largest absolute Gasteiger partial charge is 0.489 e. The molecule has 0 aliphatic heterocycles. The molecule has 35 heavy (non-hydrogen) atoms. The SMILES string of the molecule is C=C(C)C(=O)OCC(C)c1ccc(OCc2ccc(-c3ccc(OC(=O)C(=C)C)cc3)cc2)cc1. The summed E-state index contributed by atoms with van der Waals surface area (Å²) in [5, 5.41) is 0. The van der Waals surface area contributed by atoms with Crippen LogP contribution in [-0.2, 0) is 20.9 Å². The minimum atomic E-state index is -0.435. The Labute approximate surface area is 206 Å². The lowest BCUT2D eigenvalue weighted by atomic mass is 10.0. The van der Waals surface area contributed by atoms with Crippen LogP contribution in [0.15, 0.2) is 97.1 Å². The summed E-state index contributed by atoms with van der Waals surface area (Å²) >= 11 is 0. The van der Waals surface area contributed by atoms with Crippen LogP contribution >= 0.6 is 0 Å². The van der Waals surface area contributed by atoms with Gasteiger partial charge in [-0.25, -0.2) is 9.59 Å². The van der Waals surface area contributed by atoms with Gasteiger partial charge in [0.2, 0.25) is 0 Å². The number of hydrogen-bond donors (Lipinski definition) is 0. The number of hydrogen-bond acceptors (Lipinski definition) is 5. The third kappa shape index (κ3) is 7.44. The maximum atomic E-state index is 11.6. The van der Waals surface area contributed by atoms with Gasteiger partial charge in [-0.05, 0) is 60.4 Å². The normalized spacial score (nSPS) is 11.3. The van der Waals surface area contributed by atoms with Crippen LogP contribution in [0.3, 0.4) is 0 Å². The first-order valence-corrected chi connectivity index (χ1v) is 11.4. The van der Waals surface area contributed by atoms with Crippen LogP contribution in [0, 0.1) is 0 Å². The predicted molar refractivity (Wildman–Crippen MR) is 137 cm³/mol. The molecule has 0 aliphatic rings. The van der Waals surface area contributed by atoms with E-state index in [0.29, 0.717) is 30.1 Å². The van der Waals surface area contributed by atoms with Gasteiger partial charge in [0.15, 0.2) is 0 Å². The molecule has 0 heterocycles. The lowest BCUT2D eigenvalue weighted by Crippen LogP contribution is -2.11. The first-order chi connectivity index (χ1) is 16.7. The zero-order chi connectivity index (χ0) is 25.4. The molecule has 5 nitrogen and oxygen atoms in total. The van der Waals surface area contributed by atoms with Crippen LogP contribution in [0.25, 0.3) is 11.1 Å². The number of esters is 2. The van der Waals surface area contributed by atoms with Crippen molar-refractivity contribution >= 4 is 11.9 Å². The summed E-state index contributed by atoms with van der Waals surface area (Å²) in [5.41, 5.74) is 4.94. The summed E-state index contributed by atoms with van der Waals surface area (Å²) in [7, 11) is 0. The second-order valence-electron chi connectivity index (χ2n) is 8.53. The summed E-state index contributed by atoms with van der Waals surface area (Å²) in [6.45, 7) is 13.2. The van der Waals surface area contributed by atoms with Gasteiger partial charge in [-0.1, -0.05) is 68.6 Å². The quantitative estimate of drug-likeness (QED) is 0.189. The zero-order valence-electron chi connectivity index (χ0n) is 20.4. The molecule has 3 aromatic carbocycles. The standard InChI is InChI=1S/C30H30O5/c1-20(2)29(31)34-18-22(5)24-10-14-27(15-11-24)33-19-23-6-8-25(9-7-23)26-12-16-28(17-13-26)35-30(32)21(3)4/h6-17,22H,1,3,18-19H2,2,4-5H3. The molecular weight excluding hydrogens is 440 g/mol. The van der Waals surface area contributed by atoms with Gasteiger partial charge in [0.05, 0.1) is 6.61 Å². The smallest absolute Gasteiger partial charge is 0.338 e. The van der Waals surface area contributed by atoms with E-state index in [-0.39, 0.29) is 11.9 Å². The maximum Gasteiger partial charge on any atom is 0.338 e. The second kappa shape index (κ2) is 11.8. The van der Waals surface area contributed by atoms with Gasteiger partial charge in [-0.3, -0.25) is 0 Å². The molecule has 0 fully saturated rings. The number of benzene rings is 3. The van der Waals surface area contributed by atoms with Gasteiger partial charge in [-0.2, -0.15) is 0 Å². The summed E-state index contributed by atoms with van der Waals surface area (Å²) in [6, 6.07) is 23.3. The molecule has 0 N–H and O–H groups in total. The Morgan fingerprint density at radius 1 is 0.743 bits per heavy atom. The molecular formula is C30H30O5. The second-order valence-corrected chi connectivity index (χ2v) is 8.53. The van der Waals surface area contributed by atoms with Crippen molar-refractivity contribution in [3.8, 4) is 22.6 Å². The molecule has 0 aliphatic carbocycles. The first-order valence-electron chi connectivity index (χ1n) is 11.4. The van der Waals surface area contributed by atoms with E-state index in [9.17, 15) is 9.59 Å². The number of carbonyl (C=O) groups is 2. The van der Waals surface area contributed by atoms with Crippen molar-refractivity contribution in [1.29, 1.82) is 0 Å². The lowest BCUT2D eigenvalue weighted by molar-refractivity contribution is -0.139. The average Bonchev–Trinajstić information content (AvgIpc) is 2.86. The molecule has 5 heteroatoms. The Morgan fingerprint density at radius 3 is 1.80 bits per heavy atom. The van der Waals surface area contributed by atoms with Crippen LogP contribution in [-0.4, -0.2) is 18.5 Å². The molecule has 0 amide bonds. The van der Waals surface area contributed by atoms with Gasteiger partial charge in [0.1, 0.15) is 18.1 Å². The fraction of sp³-hybridized carbons (Fsp3) is 0.200. The van der Waals surface area contributed by atoms with Crippen LogP contribution in [0.4, 0.5) is 0 Å². The Balaban J connectivity index is 1.52. The van der Waals surface area contributed by atoms with E-state index in [4.69, 9.17) is 14.2 Å². The van der Waals surface area contributed by atoms with Gasteiger partial charge in [-0.15, -0.1) is 0 Å². The molecule has 180 valence electrons. The van der Waals surface area contributed by atoms with Gasteiger partial charge < -0.3 is 14.2 Å². The van der Waals surface area contributed by atoms with Crippen molar-refractivity contribution in [2.45, 2.75) is 33.3 Å². The van der Waals surface area contributed by atoms with E-state index in [1.807, 2.05) is 67.6 Å². The van der Waals surface area contributed by atoms with Gasteiger partial charge in [0.25, 0.3) is 0 Å². The highest BCUT2D eigenvalue weighted by atomic mass is 16.5. The predicted octanol–water partition coefficient (Wildman–Crippen LogP) is 6.64. The lowest BCUT2D eigenvalue weighted by Gasteiger charge is -2.13. The molecule has 0 bridgehead atoms. The Bertz CT molecular complexity index is 1190. The van der Waals surface area contributed by atoms with Crippen molar-refractivity contribution in [1.82, 2.24) is 0 Å². The van der Waals surface area contributed by atoms with Crippen molar-refractivity contribution < 1.29 is 23.8 Å². The van der Waals surface area contributed by atoms with Crippen molar-refractivity contribution in [3.05, 3.63) is 108 Å². The molecule has 3 aromatic rings. The minimum Gasteiger partial charge on any atom is -0.489 e. The van der Waals surface area contributed by atoms with Crippen LogP contribution in [0.2, 0.25) is 0 Å². The molecule has 3 rings (SSSR count). The van der Waals surface area contributed by atoms with Crippen molar-refractivity contribution in [2.75, 3.05) is 6.61 Å². The van der Waals surface area contributed by atoms with Crippen molar-refractivity contribution in [3.63, 3.8) is 0 Å². The highest BCUT2D eigenvalue weighted by Crippen LogP contribution is 2.24. The summed E-state index contributed by atoms with van der Waals surface area (Å²) in [5.74, 6) is 0.523.